The van der Waals surface area contributed by atoms with Crippen LogP contribution in [0.1, 0.15) is 36.3 Å². The molecule has 2 heterocycles. The molecule has 1 saturated heterocycles. The molecule has 1 aliphatic rings. The molecule has 1 aliphatic heterocycles. The van der Waals surface area contributed by atoms with Gasteiger partial charge in [-0.1, -0.05) is 48.2 Å². The molecule has 0 bridgehead atoms. The molecule has 0 saturated carbocycles. The average molecular weight is 481 g/mol. The number of esters is 1. The first-order valence-corrected chi connectivity index (χ1v) is 11.1. The average Bonchev–Trinajstić information content (AvgIpc) is 3.31. The minimum atomic E-state index is -1.57. The first-order chi connectivity index (χ1) is 16.7. The van der Waals surface area contributed by atoms with Gasteiger partial charge < -0.3 is 9.47 Å². The van der Waals surface area contributed by atoms with Crippen LogP contribution in [0.2, 0.25) is 0 Å². The molecule has 7 nitrogen and oxygen atoms in total. The van der Waals surface area contributed by atoms with Gasteiger partial charge in [0.25, 0.3) is 0 Å². The normalized spacial score (nSPS) is 22.3. The Kier molecular flexibility index (Phi) is 6.88. The lowest BCUT2D eigenvalue weighted by molar-refractivity contribution is -0.176. The van der Waals surface area contributed by atoms with Crippen molar-refractivity contribution in [1.29, 1.82) is 0 Å². The van der Waals surface area contributed by atoms with Gasteiger partial charge in [-0.15, -0.1) is 5.10 Å². The maximum atomic E-state index is 14.0. The zero-order valence-corrected chi connectivity index (χ0v) is 19.4. The Labute approximate surface area is 201 Å². The van der Waals surface area contributed by atoms with Gasteiger partial charge >= 0.3 is 5.97 Å². The highest BCUT2D eigenvalue weighted by molar-refractivity contribution is 6.13. The van der Waals surface area contributed by atoms with Crippen LogP contribution in [0.25, 0.3) is 0 Å². The van der Waals surface area contributed by atoms with Crippen molar-refractivity contribution in [2.75, 3.05) is 7.11 Å². The van der Waals surface area contributed by atoms with Crippen molar-refractivity contribution in [1.82, 2.24) is 15.0 Å². The third-order valence-electron chi connectivity index (χ3n) is 6.33. The van der Waals surface area contributed by atoms with E-state index in [9.17, 15) is 18.4 Å². The molecule has 0 spiro atoms. The standard InChI is InChI=1S/C26H25F2N3O4/c1-16-23(17-7-5-4-6-8-17)35-22(26(2,24(16)32)25(33)34-3)12-11-20-15-31(30-29-20)14-18-9-10-19(27)13-21(18)28/h4-10,13,15,22-23H,1,11-12,14H2,2-3H3/t22-,23-,26?/m1/s1. The van der Waals surface area contributed by atoms with Gasteiger partial charge in [0.2, 0.25) is 0 Å². The maximum absolute atomic E-state index is 14.0. The number of rotatable bonds is 7. The molecular formula is C26H25F2N3O4. The van der Waals surface area contributed by atoms with E-state index >= 15 is 0 Å². The molecule has 1 aromatic heterocycles. The molecular weight excluding hydrogens is 456 g/mol. The quantitative estimate of drug-likeness (QED) is 0.288. The highest BCUT2D eigenvalue weighted by atomic mass is 19.1. The van der Waals surface area contributed by atoms with Crippen LogP contribution in [0.15, 0.2) is 66.9 Å². The van der Waals surface area contributed by atoms with E-state index < -0.39 is 41.0 Å². The van der Waals surface area contributed by atoms with Crippen molar-refractivity contribution in [2.24, 2.45) is 5.41 Å². The lowest BCUT2D eigenvalue weighted by Gasteiger charge is -2.42. The fourth-order valence-corrected chi connectivity index (χ4v) is 4.32. The summed E-state index contributed by atoms with van der Waals surface area (Å²) in [5.74, 6) is -2.45. The summed E-state index contributed by atoms with van der Waals surface area (Å²) in [4.78, 5) is 26.1. The predicted octanol–water partition coefficient (Wildman–Crippen LogP) is 3.98. The number of hydrogen-bond acceptors (Lipinski definition) is 6. The lowest BCUT2D eigenvalue weighted by Crippen LogP contribution is -2.53. The molecule has 182 valence electrons. The minimum absolute atomic E-state index is 0.0767. The van der Waals surface area contributed by atoms with Gasteiger partial charge in [0.15, 0.2) is 11.2 Å². The molecule has 1 fully saturated rings. The van der Waals surface area contributed by atoms with E-state index in [1.807, 2.05) is 30.3 Å². The number of aromatic nitrogens is 3. The van der Waals surface area contributed by atoms with Crippen LogP contribution in [0, 0.1) is 17.0 Å². The molecule has 0 N–H and O–H groups in total. The van der Waals surface area contributed by atoms with Crippen molar-refractivity contribution in [2.45, 2.75) is 38.5 Å². The van der Waals surface area contributed by atoms with E-state index in [-0.39, 0.29) is 24.1 Å². The lowest BCUT2D eigenvalue weighted by atomic mass is 9.71. The molecule has 0 amide bonds. The van der Waals surface area contributed by atoms with Crippen molar-refractivity contribution in [3.05, 3.63) is 95.3 Å². The minimum Gasteiger partial charge on any atom is -0.468 e. The van der Waals surface area contributed by atoms with Gasteiger partial charge in [0.05, 0.1) is 25.5 Å². The summed E-state index contributed by atoms with van der Waals surface area (Å²) in [5, 5.41) is 8.12. The molecule has 2 aromatic carbocycles. The van der Waals surface area contributed by atoms with Gasteiger partial charge in [0.1, 0.15) is 17.7 Å². The van der Waals surface area contributed by atoms with Gasteiger partial charge in [-0.3, -0.25) is 9.59 Å². The monoisotopic (exact) mass is 481 g/mol. The number of Topliss-reactive ketones (excluding diaryl/α,β-unsaturated/α-hetero) is 1. The largest absolute Gasteiger partial charge is 0.468 e. The molecule has 0 radical (unpaired) electrons. The Hall–Kier alpha value is -3.72. The van der Waals surface area contributed by atoms with Crippen LogP contribution in [0.5, 0.6) is 0 Å². The number of hydrogen-bond donors (Lipinski definition) is 0. The maximum Gasteiger partial charge on any atom is 0.322 e. The number of ketones is 1. The number of carbonyl (C=O) groups is 2. The summed E-state index contributed by atoms with van der Waals surface area (Å²) in [7, 11) is 1.23. The summed E-state index contributed by atoms with van der Waals surface area (Å²) in [6.45, 7) is 5.49. The van der Waals surface area contributed by atoms with Crippen molar-refractivity contribution < 1.29 is 27.8 Å². The zero-order valence-electron chi connectivity index (χ0n) is 19.4. The van der Waals surface area contributed by atoms with Crippen LogP contribution in [0.3, 0.4) is 0 Å². The van der Waals surface area contributed by atoms with Crippen LogP contribution in [-0.2, 0) is 32.0 Å². The Morgan fingerprint density at radius 2 is 1.97 bits per heavy atom. The fraction of sp³-hybridized carbons (Fsp3) is 0.308. The number of ether oxygens (including phenoxy) is 2. The van der Waals surface area contributed by atoms with E-state index in [1.165, 1.54) is 30.8 Å². The van der Waals surface area contributed by atoms with E-state index in [0.717, 1.165) is 11.6 Å². The third kappa shape index (κ3) is 4.77. The number of aryl methyl sites for hydroxylation is 1. The van der Waals surface area contributed by atoms with E-state index in [2.05, 4.69) is 16.9 Å². The Balaban J connectivity index is 1.53. The Morgan fingerprint density at radius 3 is 2.66 bits per heavy atom. The van der Waals surface area contributed by atoms with Crippen LogP contribution < -0.4 is 0 Å². The highest BCUT2D eigenvalue weighted by Crippen LogP contribution is 2.44. The number of carbonyl (C=O) groups excluding carboxylic acids is 2. The number of methoxy groups -OCH3 is 1. The molecule has 1 unspecified atom stereocenters. The first kappa shape index (κ1) is 24.4. The number of benzene rings is 2. The third-order valence-corrected chi connectivity index (χ3v) is 6.33. The smallest absolute Gasteiger partial charge is 0.322 e. The molecule has 3 atom stereocenters. The zero-order chi connectivity index (χ0) is 25.2. The van der Waals surface area contributed by atoms with Crippen LogP contribution >= 0.6 is 0 Å². The molecule has 0 aliphatic carbocycles. The summed E-state index contributed by atoms with van der Waals surface area (Å²) in [6.07, 6.45) is 0.750. The fourth-order valence-electron chi connectivity index (χ4n) is 4.32. The van der Waals surface area contributed by atoms with Crippen LogP contribution in [0.4, 0.5) is 8.78 Å². The highest BCUT2D eigenvalue weighted by Gasteiger charge is 2.55. The molecule has 4 rings (SSSR count). The summed E-state index contributed by atoms with van der Waals surface area (Å²) in [5.41, 5.74) is 0.218. The Bertz CT molecular complexity index is 1260. The summed E-state index contributed by atoms with van der Waals surface area (Å²) >= 11 is 0. The second-order valence-electron chi connectivity index (χ2n) is 8.65. The topological polar surface area (TPSA) is 83.3 Å². The second kappa shape index (κ2) is 9.87. The van der Waals surface area contributed by atoms with E-state index in [0.29, 0.717) is 12.1 Å². The Morgan fingerprint density at radius 1 is 1.23 bits per heavy atom. The van der Waals surface area contributed by atoms with E-state index in [4.69, 9.17) is 9.47 Å². The van der Waals surface area contributed by atoms with Crippen LogP contribution in [-0.4, -0.2) is 40.0 Å². The number of nitrogens with zero attached hydrogens (tertiary/aromatic N) is 3. The summed E-state index contributed by atoms with van der Waals surface area (Å²) in [6, 6.07) is 12.5. The SMILES string of the molecule is C=C1C(=O)C(C)(C(=O)OC)[C@@H](CCc2cn(Cc3ccc(F)cc3F)nn2)O[C@H]1c1ccccc1. The predicted molar refractivity (Wildman–Crippen MR) is 122 cm³/mol. The van der Waals surface area contributed by atoms with Gasteiger partial charge in [-0.2, -0.15) is 0 Å². The van der Waals surface area contributed by atoms with E-state index in [1.54, 1.807) is 6.20 Å². The van der Waals surface area contributed by atoms with Gasteiger partial charge in [-0.25, -0.2) is 13.5 Å². The van der Waals surface area contributed by atoms with Crippen molar-refractivity contribution in [3.8, 4) is 0 Å². The second-order valence-corrected chi connectivity index (χ2v) is 8.65. The number of halogens is 2. The van der Waals surface area contributed by atoms with Crippen molar-refractivity contribution in [3.63, 3.8) is 0 Å². The molecule has 3 aromatic rings. The van der Waals surface area contributed by atoms with Crippen molar-refractivity contribution >= 4 is 11.8 Å². The summed E-state index contributed by atoms with van der Waals surface area (Å²) < 4.78 is 39.8. The molecule has 9 heteroatoms. The van der Waals surface area contributed by atoms with Gasteiger partial charge in [-0.05, 0) is 31.4 Å². The molecule has 35 heavy (non-hydrogen) atoms. The van der Waals surface area contributed by atoms with Gasteiger partial charge in [0, 0.05) is 23.4 Å². The first-order valence-electron chi connectivity index (χ1n) is 11.1.